The van der Waals surface area contributed by atoms with Crippen LogP contribution in [0.3, 0.4) is 0 Å². The third kappa shape index (κ3) is 2.53. The summed E-state index contributed by atoms with van der Waals surface area (Å²) in [5.41, 5.74) is 0.268. The van der Waals surface area contributed by atoms with Crippen molar-refractivity contribution in [2.75, 3.05) is 6.61 Å². The Morgan fingerprint density at radius 3 is 2.61 bits per heavy atom. The second-order valence-electron chi connectivity index (χ2n) is 3.51. The van der Waals surface area contributed by atoms with Gasteiger partial charge in [0.1, 0.15) is 16.0 Å². The van der Waals surface area contributed by atoms with Gasteiger partial charge in [0.2, 0.25) is 5.88 Å². The van der Waals surface area contributed by atoms with Crippen LogP contribution in [0.4, 0.5) is 0 Å². The molecule has 0 saturated carbocycles. The second-order valence-corrected chi connectivity index (χ2v) is 4.30. The fourth-order valence-electron chi connectivity index (χ4n) is 1.46. The molecule has 1 aromatic heterocycles. The van der Waals surface area contributed by atoms with Crippen molar-refractivity contribution in [3.63, 3.8) is 0 Å². The second kappa shape index (κ2) is 5.22. The van der Waals surface area contributed by atoms with Crippen LogP contribution in [0.2, 0.25) is 0 Å². The number of hydrogen-bond acceptors (Lipinski definition) is 4. The first-order valence-electron chi connectivity index (χ1n) is 5.34. The van der Waals surface area contributed by atoms with Crippen LogP contribution in [0.15, 0.2) is 33.5 Å². The van der Waals surface area contributed by atoms with E-state index < -0.39 is 5.56 Å². The van der Waals surface area contributed by atoms with E-state index in [1.165, 1.54) is 0 Å². The first kappa shape index (κ1) is 12.6. The number of rotatable bonds is 3. The van der Waals surface area contributed by atoms with Gasteiger partial charge in [-0.15, -0.1) is 0 Å². The summed E-state index contributed by atoms with van der Waals surface area (Å²) in [7, 11) is 0. The summed E-state index contributed by atoms with van der Waals surface area (Å²) >= 11 is 2.94. The minimum Gasteiger partial charge on any atom is -0.494 e. The molecule has 0 aliphatic heterocycles. The topological polar surface area (TPSA) is 75.2 Å². The van der Waals surface area contributed by atoms with Gasteiger partial charge in [-0.2, -0.15) is 4.98 Å². The first-order chi connectivity index (χ1) is 8.61. The number of nitrogens with zero attached hydrogens (tertiary/aromatic N) is 1. The highest BCUT2D eigenvalue weighted by atomic mass is 79.9. The van der Waals surface area contributed by atoms with Crippen molar-refractivity contribution in [3.05, 3.63) is 39.1 Å². The van der Waals surface area contributed by atoms with Gasteiger partial charge in [-0.05, 0) is 47.1 Å². The normalized spacial score (nSPS) is 10.3. The molecule has 0 aliphatic rings. The maximum absolute atomic E-state index is 11.5. The number of hydrogen-bond donors (Lipinski definition) is 2. The summed E-state index contributed by atoms with van der Waals surface area (Å²) in [4.78, 5) is 17.9. The molecule has 6 heteroatoms. The summed E-state index contributed by atoms with van der Waals surface area (Å²) in [6.45, 7) is 2.49. The molecule has 0 amide bonds. The summed E-state index contributed by atoms with van der Waals surface area (Å²) < 4.78 is 5.34. The van der Waals surface area contributed by atoms with Crippen LogP contribution in [-0.2, 0) is 0 Å². The monoisotopic (exact) mass is 310 g/mol. The number of aromatic amines is 1. The van der Waals surface area contributed by atoms with E-state index in [1.54, 1.807) is 24.3 Å². The lowest BCUT2D eigenvalue weighted by molar-refractivity contribution is 0.340. The van der Waals surface area contributed by atoms with E-state index in [9.17, 15) is 9.90 Å². The lowest BCUT2D eigenvalue weighted by Crippen LogP contribution is -2.09. The van der Waals surface area contributed by atoms with Crippen LogP contribution >= 0.6 is 15.9 Å². The molecule has 0 aliphatic carbocycles. The molecule has 5 nitrogen and oxygen atoms in total. The predicted molar refractivity (Wildman–Crippen MR) is 70.8 cm³/mol. The van der Waals surface area contributed by atoms with E-state index >= 15 is 0 Å². The summed E-state index contributed by atoms with van der Waals surface area (Å²) in [6.07, 6.45) is 0. The van der Waals surface area contributed by atoms with Gasteiger partial charge >= 0.3 is 0 Å². The zero-order valence-electron chi connectivity index (χ0n) is 9.61. The predicted octanol–water partition coefficient (Wildman–Crippen LogP) is 2.30. The Kier molecular flexibility index (Phi) is 3.66. The van der Waals surface area contributed by atoms with E-state index in [0.717, 1.165) is 5.75 Å². The highest BCUT2D eigenvalue weighted by Crippen LogP contribution is 2.22. The molecular formula is C12H11BrN2O3. The van der Waals surface area contributed by atoms with Crippen molar-refractivity contribution >= 4 is 15.9 Å². The highest BCUT2D eigenvalue weighted by molar-refractivity contribution is 9.10. The first-order valence-corrected chi connectivity index (χ1v) is 6.13. The Labute approximate surface area is 112 Å². The molecule has 0 fully saturated rings. The zero-order chi connectivity index (χ0) is 13.1. The zero-order valence-corrected chi connectivity index (χ0v) is 11.2. The van der Waals surface area contributed by atoms with E-state index in [4.69, 9.17) is 4.74 Å². The number of nitrogens with one attached hydrogen (secondary N) is 1. The molecule has 0 saturated heterocycles. The van der Waals surface area contributed by atoms with E-state index in [0.29, 0.717) is 18.0 Å². The van der Waals surface area contributed by atoms with Crippen LogP contribution in [0.1, 0.15) is 6.92 Å². The van der Waals surface area contributed by atoms with Gasteiger partial charge in [0.05, 0.1) is 6.61 Å². The van der Waals surface area contributed by atoms with Gasteiger partial charge in [-0.3, -0.25) is 4.79 Å². The molecule has 2 rings (SSSR count). The third-order valence-corrected chi connectivity index (χ3v) is 3.00. The number of aromatic hydroxyl groups is 1. The molecule has 2 N–H and O–H groups in total. The number of H-pyrrole nitrogens is 1. The van der Waals surface area contributed by atoms with E-state index in [-0.39, 0.29) is 10.4 Å². The Balaban J connectivity index is 2.40. The van der Waals surface area contributed by atoms with Crippen LogP contribution in [0.5, 0.6) is 11.6 Å². The molecule has 94 valence electrons. The molecule has 0 unspecified atom stereocenters. The van der Waals surface area contributed by atoms with Gasteiger partial charge < -0.3 is 14.8 Å². The number of halogens is 1. The minimum atomic E-state index is -0.425. The molecule has 0 spiro atoms. The number of aromatic nitrogens is 2. The number of ether oxygens (including phenoxy) is 1. The van der Waals surface area contributed by atoms with Gasteiger partial charge in [0, 0.05) is 5.56 Å². The molecule has 1 heterocycles. The molecule has 18 heavy (non-hydrogen) atoms. The lowest BCUT2D eigenvalue weighted by Gasteiger charge is -2.05. The summed E-state index contributed by atoms with van der Waals surface area (Å²) in [5.74, 6) is 0.719. The van der Waals surface area contributed by atoms with Crippen molar-refractivity contribution in [2.45, 2.75) is 6.92 Å². The maximum Gasteiger partial charge on any atom is 0.269 e. The van der Waals surface area contributed by atoms with Crippen molar-refractivity contribution in [1.29, 1.82) is 0 Å². The molecule has 2 aromatic rings. The minimum absolute atomic E-state index is 0.0252. The van der Waals surface area contributed by atoms with Gasteiger partial charge in [-0.25, -0.2) is 0 Å². The van der Waals surface area contributed by atoms with Crippen molar-refractivity contribution in [2.24, 2.45) is 0 Å². The SMILES string of the molecule is CCOc1ccc(-c2nc(O)c(Br)c(=O)[nH]2)cc1. The average Bonchev–Trinajstić information content (AvgIpc) is 2.37. The standard InChI is InChI=1S/C12H11BrN2O3/c1-2-18-8-5-3-7(4-6-8)10-14-11(16)9(13)12(17)15-10/h3-6H,2H2,1H3,(H2,14,15,16,17). The number of benzene rings is 1. The molecular weight excluding hydrogens is 300 g/mol. The van der Waals surface area contributed by atoms with Crippen LogP contribution < -0.4 is 10.3 Å². The molecule has 0 radical (unpaired) electrons. The Hall–Kier alpha value is -1.82. The fraction of sp³-hybridized carbons (Fsp3) is 0.167. The van der Waals surface area contributed by atoms with Crippen LogP contribution in [0, 0.1) is 0 Å². The third-order valence-electron chi connectivity index (χ3n) is 2.28. The largest absolute Gasteiger partial charge is 0.494 e. The van der Waals surface area contributed by atoms with Crippen molar-refractivity contribution in [3.8, 4) is 23.0 Å². The smallest absolute Gasteiger partial charge is 0.269 e. The quantitative estimate of drug-likeness (QED) is 0.912. The van der Waals surface area contributed by atoms with Gasteiger partial charge in [0.25, 0.3) is 5.56 Å². The lowest BCUT2D eigenvalue weighted by atomic mass is 10.2. The summed E-state index contributed by atoms with van der Waals surface area (Å²) in [6, 6.07) is 7.07. The molecule has 1 aromatic carbocycles. The summed E-state index contributed by atoms with van der Waals surface area (Å²) in [5, 5.41) is 9.48. The Morgan fingerprint density at radius 1 is 1.39 bits per heavy atom. The highest BCUT2D eigenvalue weighted by Gasteiger charge is 2.09. The maximum atomic E-state index is 11.5. The fourth-order valence-corrected chi connectivity index (χ4v) is 1.65. The average molecular weight is 311 g/mol. The van der Waals surface area contributed by atoms with E-state index in [1.807, 2.05) is 6.92 Å². The van der Waals surface area contributed by atoms with Crippen LogP contribution in [-0.4, -0.2) is 21.7 Å². The van der Waals surface area contributed by atoms with Crippen molar-refractivity contribution in [1.82, 2.24) is 9.97 Å². The van der Waals surface area contributed by atoms with E-state index in [2.05, 4.69) is 25.9 Å². The Bertz CT molecular complexity index is 608. The Morgan fingerprint density at radius 2 is 2.06 bits per heavy atom. The molecule has 0 bridgehead atoms. The van der Waals surface area contributed by atoms with Gasteiger partial charge in [-0.1, -0.05) is 0 Å². The molecule has 0 atom stereocenters. The van der Waals surface area contributed by atoms with Crippen LogP contribution in [0.25, 0.3) is 11.4 Å². The van der Waals surface area contributed by atoms with Crippen molar-refractivity contribution < 1.29 is 9.84 Å². The van der Waals surface area contributed by atoms with Gasteiger partial charge in [0.15, 0.2) is 0 Å².